The lowest BCUT2D eigenvalue weighted by molar-refractivity contribution is 0.276. The van der Waals surface area contributed by atoms with Crippen LogP contribution < -0.4 is 9.47 Å². The van der Waals surface area contributed by atoms with Gasteiger partial charge in [-0.3, -0.25) is 0 Å². The zero-order valence-electron chi connectivity index (χ0n) is 7.95. The van der Waals surface area contributed by atoms with Crippen molar-refractivity contribution < 1.29 is 9.47 Å². The third kappa shape index (κ3) is 2.64. The Bertz CT molecular complexity index is 360. The molecule has 74 valence electrons. The molecule has 1 rings (SSSR count). The fourth-order valence-electron chi connectivity index (χ4n) is 0.951. The quantitative estimate of drug-likeness (QED) is 0.834. The Morgan fingerprint density at radius 2 is 2.21 bits per heavy atom. The lowest BCUT2D eigenvalue weighted by atomic mass is 10.3. The van der Waals surface area contributed by atoms with Crippen molar-refractivity contribution in [2.45, 2.75) is 13.0 Å². The van der Waals surface area contributed by atoms with Crippen molar-refractivity contribution in [1.82, 2.24) is 0 Å². The van der Waals surface area contributed by atoms with Gasteiger partial charge in [-0.25, -0.2) is 0 Å². The van der Waals surface area contributed by atoms with Crippen LogP contribution >= 0.6 is 15.9 Å². The summed E-state index contributed by atoms with van der Waals surface area (Å²) in [5.41, 5.74) is 0. The highest BCUT2D eigenvalue weighted by molar-refractivity contribution is 9.10. The van der Waals surface area contributed by atoms with Gasteiger partial charge in [0.15, 0.2) is 6.10 Å². The van der Waals surface area contributed by atoms with Gasteiger partial charge in [0.05, 0.1) is 11.6 Å². The largest absolute Gasteiger partial charge is 0.496 e. The van der Waals surface area contributed by atoms with Crippen molar-refractivity contribution in [3.05, 3.63) is 22.7 Å². The van der Waals surface area contributed by atoms with Gasteiger partial charge in [-0.2, -0.15) is 5.26 Å². The van der Waals surface area contributed by atoms with Crippen molar-refractivity contribution in [2.75, 3.05) is 7.11 Å². The second kappa shape index (κ2) is 4.87. The normalized spacial score (nSPS) is 11.6. The minimum absolute atomic E-state index is 0.449. The fraction of sp³-hybridized carbons (Fsp3) is 0.300. The van der Waals surface area contributed by atoms with E-state index in [2.05, 4.69) is 15.9 Å². The summed E-state index contributed by atoms with van der Waals surface area (Å²) < 4.78 is 11.2. The molecule has 0 radical (unpaired) electrons. The van der Waals surface area contributed by atoms with E-state index in [-0.39, 0.29) is 0 Å². The van der Waals surface area contributed by atoms with Crippen molar-refractivity contribution >= 4 is 15.9 Å². The first-order chi connectivity index (χ1) is 6.67. The molecule has 14 heavy (non-hydrogen) atoms. The molecule has 0 aromatic heterocycles. The molecule has 0 amide bonds. The number of benzene rings is 1. The minimum atomic E-state index is -0.449. The van der Waals surface area contributed by atoms with Crippen LogP contribution in [0.3, 0.4) is 0 Å². The average molecular weight is 256 g/mol. The van der Waals surface area contributed by atoms with Crippen LogP contribution in [0.25, 0.3) is 0 Å². The van der Waals surface area contributed by atoms with Gasteiger partial charge in [0.1, 0.15) is 17.6 Å². The van der Waals surface area contributed by atoms with Crippen LogP contribution in [-0.2, 0) is 0 Å². The van der Waals surface area contributed by atoms with Crippen LogP contribution in [-0.4, -0.2) is 13.2 Å². The molecule has 0 spiro atoms. The standard InChI is InChI=1S/C10H10BrNO2/c1-7(6-12)14-8-3-4-10(13-2)9(11)5-8/h3-5,7H,1-2H3. The summed E-state index contributed by atoms with van der Waals surface area (Å²) in [6.07, 6.45) is -0.449. The second-order valence-electron chi connectivity index (χ2n) is 2.69. The van der Waals surface area contributed by atoms with Crippen molar-refractivity contribution in [1.29, 1.82) is 5.26 Å². The Hall–Kier alpha value is -1.21. The third-order valence-corrected chi connectivity index (χ3v) is 2.24. The Kier molecular flexibility index (Phi) is 3.78. The molecular weight excluding hydrogens is 246 g/mol. The molecule has 0 N–H and O–H groups in total. The monoisotopic (exact) mass is 255 g/mol. The number of nitrogens with zero attached hydrogens (tertiary/aromatic N) is 1. The fourth-order valence-corrected chi connectivity index (χ4v) is 1.47. The van der Waals surface area contributed by atoms with Gasteiger partial charge in [-0.05, 0) is 41.1 Å². The molecule has 0 aliphatic heterocycles. The first-order valence-corrected chi connectivity index (χ1v) is 4.86. The Labute approximate surface area is 91.4 Å². The minimum Gasteiger partial charge on any atom is -0.496 e. The van der Waals surface area contributed by atoms with Crippen LogP contribution in [0.2, 0.25) is 0 Å². The van der Waals surface area contributed by atoms with Gasteiger partial charge in [-0.1, -0.05) is 0 Å². The first kappa shape index (κ1) is 10.9. The molecule has 3 nitrogen and oxygen atoms in total. The van der Waals surface area contributed by atoms with E-state index in [1.165, 1.54) is 0 Å². The molecule has 0 aliphatic carbocycles. The molecule has 0 saturated carbocycles. The summed E-state index contributed by atoms with van der Waals surface area (Å²) >= 11 is 3.33. The number of hydrogen-bond donors (Lipinski definition) is 0. The lowest BCUT2D eigenvalue weighted by Crippen LogP contribution is -2.07. The molecule has 0 saturated heterocycles. The molecule has 1 unspecified atom stereocenters. The molecule has 4 heteroatoms. The second-order valence-corrected chi connectivity index (χ2v) is 3.54. The SMILES string of the molecule is COc1ccc(OC(C)C#N)cc1Br. The van der Waals surface area contributed by atoms with E-state index in [0.29, 0.717) is 5.75 Å². The zero-order chi connectivity index (χ0) is 10.6. The number of hydrogen-bond acceptors (Lipinski definition) is 3. The maximum atomic E-state index is 8.55. The molecule has 1 aromatic carbocycles. The number of nitriles is 1. The maximum absolute atomic E-state index is 8.55. The smallest absolute Gasteiger partial charge is 0.181 e. The highest BCUT2D eigenvalue weighted by Crippen LogP contribution is 2.29. The number of methoxy groups -OCH3 is 1. The van der Waals surface area contributed by atoms with Gasteiger partial charge < -0.3 is 9.47 Å². The summed E-state index contributed by atoms with van der Waals surface area (Å²) in [6.45, 7) is 1.69. The Balaban J connectivity index is 2.82. The van der Waals surface area contributed by atoms with Gasteiger partial charge in [0.2, 0.25) is 0 Å². The highest BCUT2D eigenvalue weighted by atomic mass is 79.9. The zero-order valence-corrected chi connectivity index (χ0v) is 9.54. The Morgan fingerprint density at radius 3 is 2.71 bits per heavy atom. The van der Waals surface area contributed by atoms with E-state index in [0.717, 1.165) is 10.2 Å². The van der Waals surface area contributed by atoms with Crippen LogP contribution in [0.4, 0.5) is 0 Å². The lowest BCUT2D eigenvalue weighted by Gasteiger charge is -2.09. The molecule has 0 bridgehead atoms. The van der Waals surface area contributed by atoms with E-state index in [1.807, 2.05) is 6.07 Å². The summed E-state index contributed by atoms with van der Waals surface area (Å²) in [6, 6.07) is 7.31. The molecule has 0 fully saturated rings. The summed E-state index contributed by atoms with van der Waals surface area (Å²) in [5.74, 6) is 1.38. The van der Waals surface area contributed by atoms with Crippen molar-refractivity contribution in [2.24, 2.45) is 0 Å². The summed E-state index contributed by atoms with van der Waals surface area (Å²) in [5, 5.41) is 8.55. The summed E-state index contributed by atoms with van der Waals surface area (Å²) in [7, 11) is 1.60. The van der Waals surface area contributed by atoms with Crippen LogP contribution in [0.5, 0.6) is 11.5 Å². The van der Waals surface area contributed by atoms with E-state index >= 15 is 0 Å². The molecule has 1 aromatic rings. The maximum Gasteiger partial charge on any atom is 0.181 e. The van der Waals surface area contributed by atoms with Gasteiger partial charge >= 0.3 is 0 Å². The van der Waals surface area contributed by atoms with Crippen LogP contribution in [0.1, 0.15) is 6.92 Å². The van der Waals surface area contributed by atoms with E-state index in [1.54, 1.807) is 32.2 Å². The topological polar surface area (TPSA) is 42.2 Å². The Morgan fingerprint density at radius 1 is 1.50 bits per heavy atom. The predicted molar refractivity (Wildman–Crippen MR) is 56.4 cm³/mol. The number of halogens is 1. The van der Waals surface area contributed by atoms with E-state index in [4.69, 9.17) is 14.7 Å². The van der Waals surface area contributed by atoms with E-state index < -0.39 is 6.10 Å². The average Bonchev–Trinajstić information content (AvgIpc) is 2.18. The molecule has 0 heterocycles. The van der Waals surface area contributed by atoms with Gasteiger partial charge in [0.25, 0.3) is 0 Å². The van der Waals surface area contributed by atoms with Crippen LogP contribution in [0, 0.1) is 11.3 Å². The first-order valence-electron chi connectivity index (χ1n) is 4.07. The molecule has 1 atom stereocenters. The summed E-state index contributed by atoms with van der Waals surface area (Å²) in [4.78, 5) is 0. The molecular formula is C10H10BrNO2. The predicted octanol–water partition coefficient (Wildman–Crippen LogP) is 2.75. The van der Waals surface area contributed by atoms with E-state index in [9.17, 15) is 0 Å². The van der Waals surface area contributed by atoms with Crippen LogP contribution in [0.15, 0.2) is 22.7 Å². The van der Waals surface area contributed by atoms with Gasteiger partial charge in [0, 0.05) is 0 Å². The molecule has 0 aliphatic rings. The number of rotatable bonds is 3. The highest BCUT2D eigenvalue weighted by Gasteiger charge is 2.05. The third-order valence-electron chi connectivity index (χ3n) is 1.62. The van der Waals surface area contributed by atoms with Crippen molar-refractivity contribution in [3.63, 3.8) is 0 Å². The van der Waals surface area contributed by atoms with Crippen molar-refractivity contribution in [3.8, 4) is 17.6 Å². The van der Waals surface area contributed by atoms with Gasteiger partial charge in [-0.15, -0.1) is 0 Å². The number of ether oxygens (including phenoxy) is 2.